The molecule has 2 aromatic rings. The normalized spacial score (nSPS) is 18.5. The lowest BCUT2D eigenvalue weighted by molar-refractivity contribution is -0.123. The summed E-state index contributed by atoms with van der Waals surface area (Å²) in [5.41, 5.74) is 7.86. The summed E-state index contributed by atoms with van der Waals surface area (Å²) >= 11 is 0. The fourth-order valence-electron chi connectivity index (χ4n) is 3.76. The van der Waals surface area contributed by atoms with Gasteiger partial charge in [0.1, 0.15) is 0 Å². The van der Waals surface area contributed by atoms with Crippen LogP contribution in [0, 0.1) is 5.92 Å². The molecule has 2 aliphatic heterocycles. The zero-order chi connectivity index (χ0) is 17.2. The molecule has 7 nitrogen and oxygen atoms in total. The lowest BCUT2D eigenvalue weighted by Gasteiger charge is -2.32. The third-order valence-electron chi connectivity index (χ3n) is 5.14. The minimum atomic E-state index is 0.104. The number of para-hydroxylation sites is 1. The largest absolute Gasteiger partial charge is 0.338 e. The second-order valence-electron chi connectivity index (χ2n) is 6.73. The topological polar surface area (TPSA) is 88.5 Å². The van der Waals surface area contributed by atoms with E-state index < -0.39 is 0 Å². The molecule has 0 spiro atoms. The molecule has 4 rings (SSSR count). The van der Waals surface area contributed by atoms with Crippen molar-refractivity contribution in [2.24, 2.45) is 11.7 Å². The van der Waals surface area contributed by atoms with E-state index in [2.05, 4.69) is 27.2 Å². The highest BCUT2D eigenvalue weighted by Gasteiger charge is 2.32. The molecule has 0 unspecified atom stereocenters. The maximum atomic E-state index is 12.9. The molecule has 2 aliphatic rings. The highest BCUT2D eigenvalue weighted by Crippen LogP contribution is 2.31. The van der Waals surface area contributed by atoms with Crippen LogP contribution in [0.5, 0.6) is 0 Å². The first-order valence-corrected chi connectivity index (χ1v) is 8.88. The van der Waals surface area contributed by atoms with Crippen molar-refractivity contribution in [3.8, 4) is 0 Å². The van der Waals surface area contributed by atoms with Gasteiger partial charge in [-0.2, -0.15) is 4.98 Å². The van der Waals surface area contributed by atoms with Crippen LogP contribution in [-0.2, 0) is 24.3 Å². The van der Waals surface area contributed by atoms with Crippen molar-refractivity contribution in [3.05, 3.63) is 41.5 Å². The van der Waals surface area contributed by atoms with Gasteiger partial charge in [-0.1, -0.05) is 23.4 Å². The SMILES string of the molecule is NCc1nc(CN2CCC(C(=O)N3CCc4ccccc43)CC2)no1. The zero-order valence-corrected chi connectivity index (χ0v) is 14.2. The van der Waals surface area contributed by atoms with Crippen LogP contribution < -0.4 is 10.6 Å². The van der Waals surface area contributed by atoms with Gasteiger partial charge in [-0.25, -0.2) is 0 Å². The van der Waals surface area contributed by atoms with Crippen LogP contribution in [0.15, 0.2) is 28.8 Å². The number of aromatic nitrogens is 2. The summed E-state index contributed by atoms with van der Waals surface area (Å²) < 4.78 is 5.04. The van der Waals surface area contributed by atoms with Crippen molar-refractivity contribution in [1.82, 2.24) is 15.0 Å². The molecule has 0 aliphatic carbocycles. The number of carbonyl (C=O) groups excluding carboxylic acids is 1. The molecule has 1 aromatic carbocycles. The molecule has 25 heavy (non-hydrogen) atoms. The first-order chi connectivity index (χ1) is 12.2. The van der Waals surface area contributed by atoms with Gasteiger partial charge < -0.3 is 15.2 Å². The van der Waals surface area contributed by atoms with Gasteiger partial charge in [-0.15, -0.1) is 0 Å². The van der Waals surface area contributed by atoms with Gasteiger partial charge in [0.15, 0.2) is 5.82 Å². The van der Waals surface area contributed by atoms with Gasteiger partial charge in [0.2, 0.25) is 11.8 Å². The Morgan fingerprint density at radius 2 is 2.04 bits per heavy atom. The number of hydrogen-bond acceptors (Lipinski definition) is 6. The Balaban J connectivity index is 1.33. The smallest absolute Gasteiger partial charge is 0.240 e. The summed E-state index contributed by atoms with van der Waals surface area (Å²) in [4.78, 5) is 21.4. The number of hydrogen-bond donors (Lipinski definition) is 1. The molecule has 1 amide bonds. The molecule has 3 heterocycles. The van der Waals surface area contributed by atoms with Gasteiger partial charge in [-0.05, 0) is 44.0 Å². The van der Waals surface area contributed by atoms with Crippen molar-refractivity contribution in [3.63, 3.8) is 0 Å². The molecule has 0 saturated carbocycles. The maximum Gasteiger partial charge on any atom is 0.240 e. The summed E-state index contributed by atoms with van der Waals surface area (Å²) in [6.07, 6.45) is 2.71. The summed E-state index contributed by atoms with van der Waals surface area (Å²) in [6.45, 7) is 3.47. The van der Waals surface area contributed by atoms with Crippen molar-refractivity contribution in [1.29, 1.82) is 0 Å². The quantitative estimate of drug-likeness (QED) is 0.902. The van der Waals surface area contributed by atoms with E-state index >= 15 is 0 Å². The van der Waals surface area contributed by atoms with Crippen LogP contribution in [0.2, 0.25) is 0 Å². The number of anilines is 1. The molecule has 0 atom stereocenters. The Morgan fingerprint density at radius 3 is 2.80 bits per heavy atom. The van der Waals surface area contributed by atoms with Crippen LogP contribution in [0.25, 0.3) is 0 Å². The first-order valence-electron chi connectivity index (χ1n) is 8.88. The number of nitrogens with zero attached hydrogens (tertiary/aromatic N) is 4. The molecule has 132 valence electrons. The summed E-state index contributed by atoms with van der Waals surface area (Å²) in [5, 5.41) is 3.94. The van der Waals surface area contributed by atoms with Crippen molar-refractivity contribution in [2.75, 3.05) is 24.5 Å². The molecule has 0 bridgehead atoms. The number of piperidine rings is 1. The minimum Gasteiger partial charge on any atom is -0.338 e. The number of likely N-dealkylation sites (tertiary alicyclic amines) is 1. The molecule has 7 heteroatoms. The van der Waals surface area contributed by atoms with Crippen LogP contribution in [0.3, 0.4) is 0 Å². The molecule has 1 fully saturated rings. The Bertz CT molecular complexity index is 751. The Kier molecular flexibility index (Phi) is 4.50. The Labute approximate surface area is 146 Å². The number of amides is 1. The van der Waals surface area contributed by atoms with Gasteiger partial charge in [0.05, 0.1) is 13.1 Å². The zero-order valence-electron chi connectivity index (χ0n) is 14.2. The third-order valence-corrected chi connectivity index (χ3v) is 5.14. The van der Waals surface area contributed by atoms with E-state index in [4.69, 9.17) is 10.3 Å². The molecule has 2 N–H and O–H groups in total. The maximum absolute atomic E-state index is 12.9. The van der Waals surface area contributed by atoms with Crippen molar-refractivity contribution < 1.29 is 9.32 Å². The van der Waals surface area contributed by atoms with E-state index in [0.717, 1.165) is 44.6 Å². The van der Waals surface area contributed by atoms with Crippen LogP contribution in [-0.4, -0.2) is 40.6 Å². The van der Waals surface area contributed by atoms with E-state index in [1.807, 2.05) is 17.0 Å². The number of benzene rings is 1. The number of carbonyl (C=O) groups is 1. The number of fused-ring (bicyclic) bond motifs is 1. The van der Waals surface area contributed by atoms with E-state index in [-0.39, 0.29) is 18.4 Å². The highest BCUT2D eigenvalue weighted by molar-refractivity contribution is 5.97. The van der Waals surface area contributed by atoms with Gasteiger partial charge in [0, 0.05) is 18.2 Å². The summed E-state index contributed by atoms with van der Waals surface area (Å²) in [7, 11) is 0. The predicted octanol–water partition coefficient (Wildman–Crippen LogP) is 1.33. The van der Waals surface area contributed by atoms with E-state index in [1.165, 1.54) is 5.56 Å². The fourth-order valence-corrected chi connectivity index (χ4v) is 3.76. The monoisotopic (exact) mass is 341 g/mol. The van der Waals surface area contributed by atoms with E-state index in [9.17, 15) is 4.79 Å². The Morgan fingerprint density at radius 1 is 1.24 bits per heavy atom. The second kappa shape index (κ2) is 6.93. The fraction of sp³-hybridized carbons (Fsp3) is 0.500. The second-order valence-corrected chi connectivity index (χ2v) is 6.73. The van der Waals surface area contributed by atoms with Crippen LogP contribution >= 0.6 is 0 Å². The van der Waals surface area contributed by atoms with Gasteiger partial charge in [-0.3, -0.25) is 9.69 Å². The standard InChI is InChI=1S/C18H23N5O2/c19-11-17-20-16(21-25-17)12-22-8-5-14(6-9-22)18(24)23-10-7-13-3-1-2-4-15(13)23/h1-4,14H,5-12,19H2. The lowest BCUT2D eigenvalue weighted by Crippen LogP contribution is -2.42. The van der Waals surface area contributed by atoms with E-state index in [0.29, 0.717) is 18.3 Å². The predicted molar refractivity (Wildman–Crippen MR) is 92.7 cm³/mol. The molecule has 1 aromatic heterocycles. The molecule has 1 saturated heterocycles. The summed E-state index contributed by atoms with van der Waals surface area (Å²) in [6, 6.07) is 8.22. The Hall–Kier alpha value is -2.25. The molecule has 0 radical (unpaired) electrons. The van der Waals surface area contributed by atoms with Gasteiger partial charge in [0.25, 0.3) is 0 Å². The van der Waals surface area contributed by atoms with Crippen LogP contribution in [0.4, 0.5) is 5.69 Å². The minimum absolute atomic E-state index is 0.104. The van der Waals surface area contributed by atoms with Gasteiger partial charge >= 0.3 is 0 Å². The number of nitrogens with two attached hydrogens (primary N) is 1. The average Bonchev–Trinajstić information content (AvgIpc) is 3.28. The van der Waals surface area contributed by atoms with Crippen LogP contribution in [0.1, 0.15) is 30.1 Å². The number of rotatable bonds is 4. The molecular weight excluding hydrogens is 318 g/mol. The highest BCUT2D eigenvalue weighted by atomic mass is 16.5. The summed E-state index contributed by atoms with van der Waals surface area (Å²) in [5.74, 6) is 1.51. The third kappa shape index (κ3) is 3.29. The van der Waals surface area contributed by atoms with Crippen molar-refractivity contribution in [2.45, 2.75) is 32.4 Å². The van der Waals surface area contributed by atoms with E-state index in [1.54, 1.807) is 0 Å². The average molecular weight is 341 g/mol. The first kappa shape index (κ1) is 16.2. The molecular formula is C18H23N5O2. The lowest BCUT2D eigenvalue weighted by atomic mass is 9.95. The van der Waals surface area contributed by atoms with Crippen molar-refractivity contribution >= 4 is 11.6 Å².